The fourth-order valence-electron chi connectivity index (χ4n) is 5.01. The molecule has 0 bridgehead atoms. The second-order valence-corrected chi connectivity index (χ2v) is 11.2. The summed E-state index contributed by atoms with van der Waals surface area (Å²) in [5, 5.41) is 5.32. The SMILES string of the molecule is COc1cc(C(=O)NC2CCN(C)C(C)(C)C2(C)C)ccc1-c1cc2cc(Cl)c(Cl)cc2n1C. The Bertz CT molecular complexity index is 1260. The first-order chi connectivity index (χ1) is 15.9. The van der Waals surface area contributed by atoms with E-state index in [0.717, 1.165) is 35.1 Å². The van der Waals surface area contributed by atoms with Gasteiger partial charge in [0.25, 0.3) is 5.91 Å². The molecule has 1 amide bonds. The number of rotatable bonds is 4. The molecule has 0 saturated carbocycles. The number of ether oxygens (including phenoxy) is 1. The Morgan fingerprint density at radius 2 is 1.74 bits per heavy atom. The summed E-state index contributed by atoms with van der Waals surface area (Å²) in [7, 11) is 5.75. The Hall–Kier alpha value is -2.21. The quantitative estimate of drug-likeness (QED) is 0.449. The predicted molar refractivity (Wildman–Crippen MR) is 141 cm³/mol. The minimum atomic E-state index is -0.0919. The van der Waals surface area contributed by atoms with Crippen molar-refractivity contribution in [3.8, 4) is 17.0 Å². The van der Waals surface area contributed by atoms with Crippen molar-refractivity contribution in [2.24, 2.45) is 12.5 Å². The number of nitrogens with zero attached hydrogens (tertiary/aromatic N) is 2. The molecule has 1 aromatic heterocycles. The first-order valence-corrected chi connectivity index (χ1v) is 12.3. The minimum Gasteiger partial charge on any atom is -0.496 e. The van der Waals surface area contributed by atoms with E-state index < -0.39 is 0 Å². The number of fused-ring (bicyclic) bond motifs is 1. The summed E-state index contributed by atoms with van der Waals surface area (Å²) in [4.78, 5) is 15.6. The molecule has 7 heteroatoms. The third-order valence-corrected chi connectivity index (χ3v) is 9.01. The summed E-state index contributed by atoms with van der Waals surface area (Å²) < 4.78 is 7.77. The van der Waals surface area contributed by atoms with Gasteiger partial charge in [-0.1, -0.05) is 37.0 Å². The van der Waals surface area contributed by atoms with Crippen LogP contribution in [0.25, 0.3) is 22.2 Å². The molecular formula is C27H33Cl2N3O2. The lowest BCUT2D eigenvalue weighted by molar-refractivity contribution is -0.0362. The van der Waals surface area contributed by atoms with Crippen molar-refractivity contribution in [1.29, 1.82) is 0 Å². The number of halogens is 2. The highest BCUT2D eigenvalue weighted by Gasteiger charge is 2.49. The van der Waals surface area contributed by atoms with Crippen LogP contribution < -0.4 is 10.1 Å². The molecule has 1 saturated heterocycles. The van der Waals surface area contributed by atoms with Gasteiger partial charge in [0.2, 0.25) is 0 Å². The van der Waals surface area contributed by atoms with Crippen LogP contribution in [0.15, 0.2) is 36.4 Å². The molecule has 2 aromatic carbocycles. The molecule has 1 fully saturated rings. The zero-order chi connectivity index (χ0) is 25.0. The molecule has 1 aliphatic rings. The van der Waals surface area contributed by atoms with E-state index in [2.05, 4.69) is 55.6 Å². The molecule has 1 atom stereocenters. The van der Waals surface area contributed by atoms with Gasteiger partial charge in [0.1, 0.15) is 5.75 Å². The highest BCUT2D eigenvalue weighted by molar-refractivity contribution is 6.42. The zero-order valence-corrected chi connectivity index (χ0v) is 22.4. The topological polar surface area (TPSA) is 46.5 Å². The molecule has 0 radical (unpaired) electrons. The number of amides is 1. The normalized spacial score (nSPS) is 19.9. The smallest absolute Gasteiger partial charge is 0.251 e. The maximum atomic E-state index is 13.3. The summed E-state index contributed by atoms with van der Waals surface area (Å²) >= 11 is 12.5. The number of hydrogen-bond acceptors (Lipinski definition) is 3. The van der Waals surface area contributed by atoms with Gasteiger partial charge in [-0.05, 0) is 63.7 Å². The van der Waals surface area contributed by atoms with Crippen LogP contribution in [0.4, 0.5) is 0 Å². The van der Waals surface area contributed by atoms with Gasteiger partial charge in [-0.3, -0.25) is 4.79 Å². The first kappa shape index (κ1) is 24.9. The maximum absolute atomic E-state index is 13.3. The van der Waals surface area contributed by atoms with Crippen molar-refractivity contribution in [2.45, 2.75) is 45.7 Å². The second-order valence-electron chi connectivity index (χ2n) is 10.3. The number of aryl methyl sites for hydroxylation is 1. The molecule has 2 heterocycles. The highest BCUT2D eigenvalue weighted by Crippen LogP contribution is 2.43. The van der Waals surface area contributed by atoms with E-state index in [-0.39, 0.29) is 22.9 Å². The Morgan fingerprint density at radius 3 is 2.41 bits per heavy atom. The van der Waals surface area contributed by atoms with Gasteiger partial charge in [0.05, 0.1) is 22.8 Å². The number of carbonyl (C=O) groups is 1. The number of likely N-dealkylation sites (tertiary alicyclic amines) is 1. The molecule has 1 aliphatic heterocycles. The van der Waals surface area contributed by atoms with E-state index in [1.807, 2.05) is 37.4 Å². The van der Waals surface area contributed by atoms with Crippen LogP contribution in [0, 0.1) is 5.41 Å². The Balaban J connectivity index is 1.65. The number of aromatic nitrogens is 1. The molecule has 34 heavy (non-hydrogen) atoms. The van der Waals surface area contributed by atoms with Crippen LogP contribution >= 0.6 is 23.2 Å². The lowest BCUT2D eigenvalue weighted by atomic mass is 9.65. The monoisotopic (exact) mass is 501 g/mol. The van der Waals surface area contributed by atoms with Crippen molar-refractivity contribution in [1.82, 2.24) is 14.8 Å². The molecule has 0 aliphatic carbocycles. The van der Waals surface area contributed by atoms with Gasteiger partial charge in [-0.2, -0.15) is 0 Å². The van der Waals surface area contributed by atoms with Gasteiger partial charge in [-0.25, -0.2) is 0 Å². The predicted octanol–water partition coefficient (Wildman–Crippen LogP) is 6.40. The van der Waals surface area contributed by atoms with Crippen molar-refractivity contribution in [3.05, 3.63) is 52.0 Å². The van der Waals surface area contributed by atoms with Crippen LogP contribution in [0.2, 0.25) is 10.0 Å². The summed E-state index contributed by atoms with van der Waals surface area (Å²) in [5.41, 5.74) is 3.27. The highest BCUT2D eigenvalue weighted by atomic mass is 35.5. The van der Waals surface area contributed by atoms with Crippen LogP contribution in [0.3, 0.4) is 0 Å². The number of nitrogens with one attached hydrogen (secondary N) is 1. The van der Waals surface area contributed by atoms with Crippen LogP contribution in [-0.4, -0.2) is 47.7 Å². The second kappa shape index (κ2) is 8.78. The van der Waals surface area contributed by atoms with Crippen molar-refractivity contribution in [2.75, 3.05) is 20.7 Å². The van der Waals surface area contributed by atoms with Gasteiger partial charge in [0, 0.05) is 52.6 Å². The van der Waals surface area contributed by atoms with Gasteiger partial charge in [0.15, 0.2) is 0 Å². The number of methoxy groups -OCH3 is 1. The van der Waals surface area contributed by atoms with E-state index in [1.165, 1.54) is 0 Å². The van der Waals surface area contributed by atoms with Crippen molar-refractivity contribution < 1.29 is 9.53 Å². The summed E-state index contributed by atoms with van der Waals surface area (Å²) in [6.07, 6.45) is 0.912. The first-order valence-electron chi connectivity index (χ1n) is 11.5. The van der Waals surface area contributed by atoms with E-state index in [4.69, 9.17) is 27.9 Å². The number of hydrogen-bond donors (Lipinski definition) is 1. The molecule has 1 N–H and O–H groups in total. The minimum absolute atomic E-state index is 0.0366. The third kappa shape index (κ3) is 3.98. The maximum Gasteiger partial charge on any atom is 0.251 e. The van der Waals surface area contributed by atoms with E-state index in [9.17, 15) is 4.79 Å². The number of carbonyl (C=O) groups excluding carboxylic acids is 1. The molecule has 3 aromatic rings. The largest absolute Gasteiger partial charge is 0.496 e. The summed E-state index contributed by atoms with van der Waals surface area (Å²) in [6, 6.07) is 11.5. The van der Waals surface area contributed by atoms with Gasteiger partial charge in [-0.15, -0.1) is 0 Å². The molecular weight excluding hydrogens is 469 g/mol. The van der Waals surface area contributed by atoms with E-state index in [0.29, 0.717) is 21.4 Å². The van der Waals surface area contributed by atoms with Crippen LogP contribution in [-0.2, 0) is 7.05 Å². The fourth-order valence-corrected chi connectivity index (χ4v) is 5.34. The Morgan fingerprint density at radius 1 is 1.06 bits per heavy atom. The Kier molecular flexibility index (Phi) is 6.43. The zero-order valence-electron chi connectivity index (χ0n) is 20.9. The molecule has 4 rings (SSSR count). The average Bonchev–Trinajstić information content (AvgIpc) is 3.09. The van der Waals surface area contributed by atoms with Crippen LogP contribution in [0.5, 0.6) is 5.75 Å². The van der Waals surface area contributed by atoms with Gasteiger partial charge >= 0.3 is 0 Å². The molecule has 5 nitrogen and oxygen atoms in total. The van der Waals surface area contributed by atoms with Crippen LogP contribution in [0.1, 0.15) is 44.5 Å². The average molecular weight is 502 g/mol. The van der Waals surface area contributed by atoms with Gasteiger partial charge < -0.3 is 19.5 Å². The third-order valence-electron chi connectivity index (χ3n) is 8.28. The molecule has 182 valence electrons. The van der Waals surface area contributed by atoms with Crippen molar-refractivity contribution in [3.63, 3.8) is 0 Å². The molecule has 0 spiro atoms. The summed E-state index contributed by atoms with van der Waals surface area (Å²) in [5.74, 6) is 0.553. The lowest BCUT2D eigenvalue weighted by Gasteiger charge is -2.56. The fraction of sp³-hybridized carbons (Fsp3) is 0.444. The molecule has 1 unspecified atom stereocenters. The number of piperidine rings is 1. The number of benzene rings is 2. The lowest BCUT2D eigenvalue weighted by Crippen LogP contribution is -2.65. The van der Waals surface area contributed by atoms with E-state index in [1.54, 1.807) is 7.11 Å². The Labute approximate surface area is 212 Å². The summed E-state index contributed by atoms with van der Waals surface area (Å²) in [6.45, 7) is 9.89. The standard InChI is InChI=1S/C27H33Cl2N3O2/c1-26(2)24(10-11-31(5)27(26,3)4)30-25(33)16-8-9-18(23(14-16)34-7)22-13-17-12-19(28)20(29)15-21(17)32(22)6/h8-9,12-15,24H,10-11H2,1-7H3,(H,30,33). The van der Waals surface area contributed by atoms with Crippen molar-refractivity contribution >= 4 is 40.0 Å². The van der Waals surface area contributed by atoms with E-state index >= 15 is 0 Å².